The summed E-state index contributed by atoms with van der Waals surface area (Å²) in [6.07, 6.45) is 6.96. The monoisotopic (exact) mass is 447 g/mol. The third-order valence-electron chi connectivity index (χ3n) is 6.44. The molecular weight excluding hydrogens is 418 g/mol. The van der Waals surface area contributed by atoms with E-state index in [1.807, 2.05) is 4.90 Å². The predicted octanol–water partition coefficient (Wildman–Crippen LogP) is 4.14. The Kier molecular flexibility index (Phi) is 6.50. The van der Waals surface area contributed by atoms with E-state index in [-0.39, 0.29) is 23.7 Å². The number of amides is 2. The normalized spacial score (nSPS) is 25.7. The maximum atomic E-state index is 13.4. The lowest BCUT2D eigenvalue weighted by Gasteiger charge is -2.65. The minimum absolute atomic E-state index is 0.0125. The Morgan fingerprint density at radius 2 is 2.10 bits per heavy atom. The number of piperidine rings is 1. The topological polar surface area (TPSA) is 81.5 Å². The van der Waals surface area contributed by atoms with Gasteiger partial charge in [-0.2, -0.15) is 15.0 Å². The molecule has 1 aliphatic heterocycles. The van der Waals surface area contributed by atoms with Crippen molar-refractivity contribution in [3.63, 3.8) is 0 Å². The highest BCUT2D eigenvalue weighted by molar-refractivity contribution is 6.32. The van der Waals surface area contributed by atoms with Gasteiger partial charge in [-0.1, -0.05) is 25.4 Å². The fraction of sp³-hybridized carbons (Fsp3) is 0.591. The van der Waals surface area contributed by atoms with Crippen LogP contribution in [0.25, 0.3) is 5.69 Å². The number of carbonyl (C=O) groups excluding carboxylic acids is 1. The Balaban J connectivity index is 1.54. The van der Waals surface area contributed by atoms with E-state index < -0.39 is 0 Å². The van der Waals surface area contributed by atoms with Crippen LogP contribution in [-0.4, -0.2) is 63.9 Å². The van der Waals surface area contributed by atoms with E-state index in [2.05, 4.69) is 29.4 Å². The van der Waals surface area contributed by atoms with Crippen LogP contribution in [0, 0.1) is 5.92 Å². The summed E-state index contributed by atoms with van der Waals surface area (Å²) in [6.45, 7) is 5.47. The number of hydrogen-bond acceptors (Lipinski definition) is 5. The Hall–Kier alpha value is -2.16. The number of methoxy groups -OCH3 is 1. The van der Waals surface area contributed by atoms with Crippen molar-refractivity contribution < 1.29 is 14.3 Å². The van der Waals surface area contributed by atoms with Crippen molar-refractivity contribution in [1.29, 1.82) is 0 Å². The van der Waals surface area contributed by atoms with Crippen LogP contribution in [0.15, 0.2) is 30.6 Å². The second-order valence-corrected chi connectivity index (χ2v) is 8.96. The molecule has 0 spiro atoms. The first-order valence-corrected chi connectivity index (χ1v) is 11.2. The Labute approximate surface area is 187 Å². The number of rotatable bonds is 8. The van der Waals surface area contributed by atoms with Crippen LogP contribution in [0.1, 0.15) is 39.5 Å². The van der Waals surface area contributed by atoms with E-state index in [0.717, 1.165) is 25.7 Å². The van der Waals surface area contributed by atoms with Crippen LogP contribution in [0.4, 0.5) is 10.5 Å². The molecule has 2 aromatic rings. The SMILES string of the molecule is CC[C@H](OCCOC)[C@@]12C[C@@H](C)C[C@@H](C1)N2C(=O)Nc1ccc(Cl)c(-n2nccn2)c1. The second kappa shape index (κ2) is 9.14. The van der Waals surface area contributed by atoms with Crippen molar-refractivity contribution in [2.45, 2.75) is 57.2 Å². The van der Waals surface area contributed by atoms with E-state index in [1.54, 1.807) is 37.7 Å². The summed E-state index contributed by atoms with van der Waals surface area (Å²) < 4.78 is 11.3. The standard InChI is InChI=1S/C22H30ClN5O3/c1-4-20(31-10-9-30-3)22-13-15(2)11-17(14-22)27(22)21(29)26-16-5-6-18(23)19(12-16)28-24-7-8-25-28/h5-8,12,15,17,20H,4,9-11,13-14H2,1-3H3,(H,26,29)/t15-,17-,20-,22+/m0/s1. The van der Waals surface area contributed by atoms with Gasteiger partial charge >= 0.3 is 6.03 Å². The van der Waals surface area contributed by atoms with Gasteiger partial charge in [0.15, 0.2) is 0 Å². The smallest absolute Gasteiger partial charge is 0.322 e. The summed E-state index contributed by atoms with van der Waals surface area (Å²) >= 11 is 6.31. The lowest BCUT2D eigenvalue weighted by Crippen LogP contribution is -2.76. The van der Waals surface area contributed by atoms with E-state index in [4.69, 9.17) is 21.1 Å². The lowest BCUT2D eigenvalue weighted by atomic mass is 9.61. The van der Waals surface area contributed by atoms with Gasteiger partial charge < -0.3 is 19.7 Å². The molecule has 31 heavy (non-hydrogen) atoms. The first-order valence-electron chi connectivity index (χ1n) is 10.9. The van der Waals surface area contributed by atoms with Crippen molar-refractivity contribution in [2.75, 3.05) is 25.6 Å². The number of halogens is 1. The van der Waals surface area contributed by atoms with Crippen molar-refractivity contribution in [3.8, 4) is 5.69 Å². The van der Waals surface area contributed by atoms with Gasteiger partial charge in [-0.3, -0.25) is 0 Å². The number of anilines is 1. The van der Waals surface area contributed by atoms with Gasteiger partial charge in [0.1, 0.15) is 5.69 Å². The Bertz CT molecular complexity index is 909. The van der Waals surface area contributed by atoms with Crippen LogP contribution >= 0.6 is 11.6 Å². The number of benzene rings is 1. The van der Waals surface area contributed by atoms with E-state index in [1.165, 1.54) is 4.80 Å². The molecule has 2 bridgehead atoms. The molecule has 1 saturated carbocycles. The van der Waals surface area contributed by atoms with Gasteiger partial charge in [0, 0.05) is 18.8 Å². The Morgan fingerprint density at radius 3 is 2.81 bits per heavy atom. The molecule has 1 saturated heterocycles. The summed E-state index contributed by atoms with van der Waals surface area (Å²) in [6, 6.07) is 5.47. The highest BCUT2D eigenvalue weighted by Crippen LogP contribution is 2.53. The van der Waals surface area contributed by atoms with Gasteiger partial charge in [0.25, 0.3) is 0 Å². The molecule has 1 N–H and O–H groups in total. The molecule has 2 heterocycles. The van der Waals surface area contributed by atoms with Crippen molar-refractivity contribution >= 4 is 23.3 Å². The number of nitrogens with one attached hydrogen (secondary N) is 1. The molecule has 2 amide bonds. The van der Waals surface area contributed by atoms with Crippen molar-refractivity contribution in [1.82, 2.24) is 19.9 Å². The lowest BCUT2D eigenvalue weighted by molar-refractivity contribution is -0.173. The third kappa shape index (κ3) is 4.16. The van der Waals surface area contributed by atoms with Crippen molar-refractivity contribution in [2.24, 2.45) is 5.92 Å². The summed E-state index contributed by atoms with van der Waals surface area (Å²) in [5.74, 6) is 0.566. The van der Waals surface area contributed by atoms with E-state index >= 15 is 0 Å². The average molecular weight is 448 g/mol. The van der Waals surface area contributed by atoms with Crippen LogP contribution in [-0.2, 0) is 9.47 Å². The molecule has 1 aromatic carbocycles. The van der Waals surface area contributed by atoms with Gasteiger partial charge in [-0.15, -0.1) is 0 Å². The minimum Gasteiger partial charge on any atom is -0.382 e. The number of hydrogen-bond donors (Lipinski definition) is 1. The van der Waals surface area contributed by atoms with Gasteiger partial charge in [-0.05, 0) is 49.8 Å². The van der Waals surface area contributed by atoms with Gasteiger partial charge in [-0.25, -0.2) is 4.79 Å². The molecule has 4 rings (SSSR count). The molecular formula is C22H30ClN5O3. The summed E-state index contributed by atoms with van der Waals surface area (Å²) in [7, 11) is 1.67. The fourth-order valence-corrected chi connectivity index (χ4v) is 5.54. The molecule has 2 fully saturated rings. The van der Waals surface area contributed by atoms with Crippen LogP contribution in [0.2, 0.25) is 5.02 Å². The van der Waals surface area contributed by atoms with E-state index in [9.17, 15) is 4.79 Å². The zero-order chi connectivity index (χ0) is 22.0. The zero-order valence-electron chi connectivity index (χ0n) is 18.3. The molecule has 4 atom stereocenters. The summed E-state index contributed by atoms with van der Waals surface area (Å²) in [5, 5.41) is 11.9. The molecule has 168 valence electrons. The number of carbonyl (C=O) groups is 1. The Morgan fingerprint density at radius 1 is 1.32 bits per heavy atom. The summed E-state index contributed by atoms with van der Waals surface area (Å²) in [4.78, 5) is 16.9. The maximum Gasteiger partial charge on any atom is 0.322 e. The molecule has 9 heteroatoms. The number of likely N-dealkylation sites (tertiary alicyclic amines) is 1. The highest BCUT2D eigenvalue weighted by atomic mass is 35.5. The second-order valence-electron chi connectivity index (χ2n) is 8.55. The quantitative estimate of drug-likeness (QED) is 0.615. The number of urea groups is 1. The van der Waals surface area contributed by atoms with Crippen LogP contribution in [0.3, 0.4) is 0 Å². The predicted molar refractivity (Wildman–Crippen MR) is 119 cm³/mol. The summed E-state index contributed by atoms with van der Waals surface area (Å²) in [5.41, 5.74) is 1.00. The fourth-order valence-electron chi connectivity index (χ4n) is 5.35. The zero-order valence-corrected chi connectivity index (χ0v) is 19.0. The third-order valence-corrected chi connectivity index (χ3v) is 6.76. The van der Waals surface area contributed by atoms with Gasteiger partial charge in [0.2, 0.25) is 0 Å². The van der Waals surface area contributed by atoms with Crippen LogP contribution < -0.4 is 5.32 Å². The molecule has 8 nitrogen and oxygen atoms in total. The number of nitrogens with zero attached hydrogens (tertiary/aromatic N) is 4. The first-order chi connectivity index (χ1) is 15.0. The van der Waals surface area contributed by atoms with Gasteiger partial charge in [0.05, 0.1) is 42.3 Å². The largest absolute Gasteiger partial charge is 0.382 e. The number of ether oxygens (including phenoxy) is 2. The maximum absolute atomic E-state index is 13.4. The number of aromatic nitrogens is 3. The van der Waals surface area contributed by atoms with Crippen molar-refractivity contribution in [3.05, 3.63) is 35.6 Å². The highest BCUT2D eigenvalue weighted by Gasteiger charge is 2.61. The molecule has 0 radical (unpaired) electrons. The minimum atomic E-state index is -0.270. The van der Waals surface area contributed by atoms with Crippen LogP contribution in [0.5, 0.6) is 0 Å². The molecule has 0 unspecified atom stereocenters. The number of fused-ring (bicyclic) bond motifs is 2. The first kappa shape index (κ1) is 22.0. The van der Waals surface area contributed by atoms with E-state index in [0.29, 0.717) is 35.5 Å². The molecule has 1 aliphatic carbocycles. The molecule has 2 aliphatic rings. The molecule has 1 aromatic heterocycles. The average Bonchev–Trinajstić information content (AvgIpc) is 3.26.